The number of aromatic nitrogens is 3. The molecule has 0 saturated carbocycles. The van der Waals surface area contributed by atoms with E-state index >= 15 is 0 Å². The lowest BCUT2D eigenvalue weighted by molar-refractivity contribution is 0.205. The molecular weight excluding hydrogens is 397 g/mol. The van der Waals surface area contributed by atoms with Gasteiger partial charge in [0.25, 0.3) is 0 Å². The molecule has 4 nitrogen and oxygen atoms in total. The molecule has 6 heteroatoms. The predicted octanol–water partition coefficient (Wildman–Crippen LogP) is 6.63. The van der Waals surface area contributed by atoms with Crippen molar-refractivity contribution in [3.8, 4) is 5.75 Å². The quantitative estimate of drug-likeness (QED) is 0.359. The number of para-hydroxylation sites is 1. The van der Waals surface area contributed by atoms with E-state index < -0.39 is 0 Å². The van der Waals surface area contributed by atoms with Gasteiger partial charge in [-0.1, -0.05) is 75.9 Å². The lowest BCUT2D eigenvalue weighted by atomic mass is 10.0. The fraction of sp³-hybridized carbons (Fsp3) is 0.417. The smallest absolute Gasteiger partial charge is 0.191 e. The zero-order valence-corrected chi connectivity index (χ0v) is 19.1. The molecule has 1 heterocycles. The molecule has 1 atom stereocenters. The molecule has 0 aliphatic carbocycles. The molecule has 0 aliphatic heterocycles. The highest BCUT2D eigenvalue weighted by atomic mass is 32.2. The van der Waals surface area contributed by atoms with Crippen molar-refractivity contribution in [2.45, 2.75) is 64.1 Å². The lowest BCUT2D eigenvalue weighted by Gasteiger charge is -2.20. The minimum absolute atomic E-state index is 0.192. The third kappa shape index (κ3) is 5.42. The first-order valence-corrected chi connectivity index (χ1v) is 11.4. The van der Waals surface area contributed by atoms with E-state index in [1.54, 1.807) is 12.1 Å². The molecule has 0 bridgehead atoms. The third-order valence-electron chi connectivity index (χ3n) is 4.82. The molecule has 0 amide bonds. The molecule has 0 spiro atoms. The topological polar surface area (TPSA) is 39.9 Å². The van der Waals surface area contributed by atoms with Gasteiger partial charge in [-0.25, -0.2) is 4.39 Å². The van der Waals surface area contributed by atoms with Crippen LogP contribution in [-0.4, -0.2) is 14.8 Å². The van der Waals surface area contributed by atoms with Gasteiger partial charge in [-0.2, -0.15) is 0 Å². The normalized spacial score (nSPS) is 12.5. The van der Waals surface area contributed by atoms with Crippen LogP contribution in [-0.2, 0) is 12.3 Å². The minimum Gasteiger partial charge on any atom is -0.482 e. The molecule has 3 aromatic rings. The lowest BCUT2D eigenvalue weighted by Crippen LogP contribution is -2.16. The van der Waals surface area contributed by atoms with Crippen molar-refractivity contribution in [1.82, 2.24) is 14.8 Å². The first-order chi connectivity index (χ1) is 14.4. The van der Waals surface area contributed by atoms with E-state index in [4.69, 9.17) is 4.74 Å². The van der Waals surface area contributed by atoms with E-state index in [1.165, 1.54) is 23.4 Å². The summed E-state index contributed by atoms with van der Waals surface area (Å²) in [7, 11) is 0. The number of halogens is 1. The average molecular weight is 428 g/mol. The first-order valence-electron chi connectivity index (χ1n) is 10.4. The Kier molecular flexibility index (Phi) is 7.53. The summed E-state index contributed by atoms with van der Waals surface area (Å²) in [6.45, 7) is 11.4. The molecule has 1 unspecified atom stereocenters. The number of hydrogen-bond donors (Lipinski definition) is 0. The standard InChI is InChI=1S/C24H30FN3OS/c1-16(2)14-28-23(18(5)29-22-13-9-7-11-20(22)17(3)4)26-27-24(28)30-15-19-10-6-8-12-21(19)25/h6-13,16-18H,14-15H2,1-5H3. The highest BCUT2D eigenvalue weighted by Crippen LogP contribution is 2.31. The predicted molar refractivity (Wildman–Crippen MR) is 120 cm³/mol. The molecule has 3 rings (SSSR count). The van der Waals surface area contributed by atoms with Gasteiger partial charge in [0.15, 0.2) is 17.1 Å². The third-order valence-corrected chi connectivity index (χ3v) is 5.83. The second-order valence-corrected chi connectivity index (χ2v) is 9.12. The molecule has 0 radical (unpaired) electrons. The van der Waals surface area contributed by atoms with Crippen molar-refractivity contribution in [3.63, 3.8) is 0 Å². The Bertz CT molecular complexity index is 971. The molecule has 2 aromatic carbocycles. The molecule has 30 heavy (non-hydrogen) atoms. The van der Waals surface area contributed by atoms with E-state index in [9.17, 15) is 4.39 Å². The Morgan fingerprint density at radius 3 is 2.37 bits per heavy atom. The highest BCUT2D eigenvalue weighted by Gasteiger charge is 2.22. The molecule has 160 valence electrons. The van der Waals surface area contributed by atoms with Crippen LogP contribution in [0.5, 0.6) is 5.75 Å². The maximum atomic E-state index is 14.0. The SMILES string of the molecule is CC(C)Cn1c(SCc2ccccc2F)nnc1C(C)Oc1ccccc1C(C)C. The van der Waals surface area contributed by atoms with Crippen molar-refractivity contribution >= 4 is 11.8 Å². The van der Waals surface area contributed by atoms with Gasteiger partial charge < -0.3 is 9.30 Å². The van der Waals surface area contributed by atoms with Crippen LogP contribution in [0.25, 0.3) is 0 Å². The number of benzene rings is 2. The Balaban J connectivity index is 1.83. The number of ether oxygens (including phenoxy) is 1. The minimum atomic E-state index is -0.251. The zero-order chi connectivity index (χ0) is 21.7. The Morgan fingerprint density at radius 1 is 0.967 bits per heavy atom. The summed E-state index contributed by atoms with van der Waals surface area (Å²) in [5.74, 6) is 2.77. The van der Waals surface area contributed by atoms with Crippen molar-refractivity contribution in [1.29, 1.82) is 0 Å². The van der Waals surface area contributed by atoms with Crippen LogP contribution in [0, 0.1) is 11.7 Å². The largest absolute Gasteiger partial charge is 0.482 e. The fourth-order valence-electron chi connectivity index (χ4n) is 3.31. The maximum absolute atomic E-state index is 14.0. The monoisotopic (exact) mass is 427 g/mol. The van der Waals surface area contributed by atoms with Crippen LogP contribution < -0.4 is 4.74 Å². The van der Waals surface area contributed by atoms with Crippen LogP contribution in [0.15, 0.2) is 53.7 Å². The second-order valence-electron chi connectivity index (χ2n) is 8.18. The van der Waals surface area contributed by atoms with Gasteiger partial charge in [-0.15, -0.1) is 10.2 Å². The Morgan fingerprint density at radius 2 is 1.67 bits per heavy atom. The van der Waals surface area contributed by atoms with E-state index in [1.807, 2.05) is 31.2 Å². The maximum Gasteiger partial charge on any atom is 0.191 e. The van der Waals surface area contributed by atoms with Gasteiger partial charge in [-0.05, 0) is 42.0 Å². The summed E-state index contributed by atoms with van der Waals surface area (Å²) < 4.78 is 22.4. The van der Waals surface area contributed by atoms with Crippen LogP contribution in [0.2, 0.25) is 0 Å². The number of rotatable bonds is 9. The summed E-state index contributed by atoms with van der Waals surface area (Å²) >= 11 is 1.50. The summed E-state index contributed by atoms with van der Waals surface area (Å²) in [6.07, 6.45) is -0.251. The second kappa shape index (κ2) is 10.1. The van der Waals surface area contributed by atoms with Crippen LogP contribution in [0.4, 0.5) is 4.39 Å². The van der Waals surface area contributed by atoms with E-state index in [2.05, 4.69) is 48.5 Å². The van der Waals surface area contributed by atoms with Gasteiger partial charge in [0, 0.05) is 12.3 Å². The number of hydrogen-bond acceptors (Lipinski definition) is 4. The van der Waals surface area contributed by atoms with Gasteiger partial charge in [-0.3, -0.25) is 0 Å². The zero-order valence-electron chi connectivity index (χ0n) is 18.3. The Hall–Kier alpha value is -2.34. The van der Waals surface area contributed by atoms with E-state index in [0.29, 0.717) is 23.2 Å². The van der Waals surface area contributed by atoms with Gasteiger partial charge in [0.1, 0.15) is 11.6 Å². The first kappa shape index (κ1) is 22.3. The molecule has 1 aromatic heterocycles. The molecule has 0 aliphatic rings. The van der Waals surface area contributed by atoms with Gasteiger partial charge in [0.05, 0.1) is 0 Å². The van der Waals surface area contributed by atoms with Crippen LogP contribution in [0.1, 0.15) is 63.6 Å². The summed E-state index contributed by atoms with van der Waals surface area (Å²) in [5.41, 5.74) is 1.84. The van der Waals surface area contributed by atoms with Crippen molar-refractivity contribution in [3.05, 3.63) is 71.3 Å². The van der Waals surface area contributed by atoms with Gasteiger partial charge >= 0.3 is 0 Å². The molecule has 0 saturated heterocycles. The fourth-order valence-corrected chi connectivity index (χ4v) is 4.25. The van der Waals surface area contributed by atoms with Crippen LogP contribution in [0.3, 0.4) is 0 Å². The van der Waals surface area contributed by atoms with Crippen molar-refractivity contribution < 1.29 is 9.13 Å². The number of nitrogens with zero attached hydrogens (tertiary/aromatic N) is 3. The molecule has 0 fully saturated rings. The van der Waals surface area contributed by atoms with E-state index in [0.717, 1.165) is 23.3 Å². The Labute approximate surface area is 182 Å². The van der Waals surface area contributed by atoms with Crippen molar-refractivity contribution in [2.75, 3.05) is 0 Å². The number of thioether (sulfide) groups is 1. The highest BCUT2D eigenvalue weighted by molar-refractivity contribution is 7.98. The average Bonchev–Trinajstić information content (AvgIpc) is 3.09. The van der Waals surface area contributed by atoms with Gasteiger partial charge in [0.2, 0.25) is 0 Å². The molecular formula is C24H30FN3OS. The van der Waals surface area contributed by atoms with E-state index in [-0.39, 0.29) is 11.9 Å². The summed E-state index contributed by atoms with van der Waals surface area (Å²) in [6, 6.07) is 15.0. The molecule has 0 N–H and O–H groups in total. The van der Waals surface area contributed by atoms with Crippen LogP contribution >= 0.6 is 11.8 Å². The van der Waals surface area contributed by atoms with Crippen molar-refractivity contribution in [2.24, 2.45) is 5.92 Å². The summed E-state index contributed by atoms with van der Waals surface area (Å²) in [5, 5.41) is 9.64. The summed E-state index contributed by atoms with van der Waals surface area (Å²) in [4.78, 5) is 0.